The highest BCUT2D eigenvalue weighted by atomic mass is 16.5. The molecule has 3 aromatic rings. The van der Waals surface area contributed by atoms with Gasteiger partial charge >= 0.3 is 0 Å². The van der Waals surface area contributed by atoms with E-state index in [0.717, 1.165) is 23.0 Å². The fraction of sp³-hybridized carbons (Fsp3) is 0.263. The van der Waals surface area contributed by atoms with Crippen molar-refractivity contribution < 1.29 is 9.53 Å². The predicted molar refractivity (Wildman–Crippen MR) is 106 cm³/mol. The average molecular weight is 379 g/mol. The van der Waals surface area contributed by atoms with Gasteiger partial charge in [-0.3, -0.25) is 9.78 Å². The lowest BCUT2D eigenvalue weighted by Gasteiger charge is -2.29. The molecular weight excluding hydrogens is 358 g/mol. The quantitative estimate of drug-likeness (QED) is 0.521. The van der Waals surface area contributed by atoms with E-state index >= 15 is 0 Å². The zero-order valence-electron chi connectivity index (χ0n) is 15.1. The minimum absolute atomic E-state index is 0.00669. The van der Waals surface area contributed by atoms with Crippen LogP contribution in [-0.4, -0.2) is 46.2 Å². The fourth-order valence-corrected chi connectivity index (χ4v) is 3.12. The van der Waals surface area contributed by atoms with Gasteiger partial charge in [-0.05, 0) is 30.7 Å². The van der Waals surface area contributed by atoms with Crippen LogP contribution in [-0.2, 0) is 4.74 Å². The first-order chi connectivity index (χ1) is 13.6. The number of carbonyl (C=O) groups is 1. The molecule has 0 spiro atoms. The SMILES string of the molecule is NC(=O)c1cnc(N[C@@H]2CCOC[C@@H]2N)nc1Nc1ccc2ncccc2c1. The standard InChI is InChI=1S/C19H21N7O2/c20-14-10-28-7-5-16(14)25-19-23-9-13(17(21)27)18(26-19)24-12-3-4-15-11(8-12)2-1-6-22-15/h1-4,6,8-9,14,16H,5,7,10,20H2,(H2,21,27)(H2,23,24,25,26)/t14-,16+/m0/s1. The predicted octanol–water partition coefficient (Wildman–Crippen LogP) is 1.40. The van der Waals surface area contributed by atoms with Crippen molar-refractivity contribution in [1.82, 2.24) is 15.0 Å². The number of aromatic nitrogens is 3. The molecule has 0 bridgehead atoms. The van der Waals surface area contributed by atoms with E-state index < -0.39 is 5.91 Å². The summed E-state index contributed by atoms with van der Waals surface area (Å²) < 4.78 is 5.35. The van der Waals surface area contributed by atoms with Crippen LogP contribution in [0.5, 0.6) is 0 Å². The number of nitrogens with two attached hydrogens (primary N) is 2. The molecule has 28 heavy (non-hydrogen) atoms. The number of primary amides is 1. The Morgan fingerprint density at radius 2 is 2.14 bits per heavy atom. The van der Waals surface area contributed by atoms with E-state index in [0.29, 0.717) is 25.0 Å². The number of nitrogens with one attached hydrogen (secondary N) is 2. The lowest BCUT2D eigenvalue weighted by atomic mass is 10.1. The minimum atomic E-state index is -0.612. The topological polar surface area (TPSA) is 141 Å². The summed E-state index contributed by atoms with van der Waals surface area (Å²) in [6, 6.07) is 9.35. The number of rotatable bonds is 5. The summed E-state index contributed by atoms with van der Waals surface area (Å²) in [6.45, 7) is 1.11. The highest BCUT2D eigenvalue weighted by Gasteiger charge is 2.23. The van der Waals surface area contributed by atoms with E-state index in [2.05, 4.69) is 25.6 Å². The molecule has 1 fully saturated rings. The van der Waals surface area contributed by atoms with Gasteiger partial charge in [0.05, 0.1) is 12.1 Å². The van der Waals surface area contributed by atoms with Crippen LogP contribution in [0.1, 0.15) is 16.8 Å². The van der Waals surface area contributed by atoms with E-state index in [1.54, 1.807) is 6.20 Å². The number of nitrogens with zero attached hydrogens (tertiary/aromatic N) is 3. The second-order valence-corrected chi connectivity index (χ2v) is 6.63. The van der Waals surface area contributed by atoms with Crippen molar-refractivity contribution >= 4 is 34.3 Å². The van der Waals surface area contributed by atoms with Crippen molar-refractivity contribution in [3.63, 3.8) is 0 Å². The Balaban J connectivity index is 1.62. The van der Waals surface area contributed by atoms with Gasteiger partial charge in [0, 0.05) is 42.2 Å². The molecule has 1 amide bonds. The number of ether oxygens (including phenoxy) is 1. The van der Waals surface area contributed by atoms with Crippen molar-refractivity contribution in [2.75, 3.05) is 23.8 Å². The summed E-state index contributed by atoms with van der Waals surface area (Å²) in [5.74, 6) is 0.0884. The highest BCUT2D eigenvalue weighted by Crippen LogP contribution is 2.23. The van der Waals surface area contributed by atoms with Gasteiger partial charge in [0.15, 0.2) is 0 Å². The third-order valence-electron chi connectivity index (χ3n) is 4.63. The number of benzene rings is 1. The van der Waals surface area contributed by atoms with Crippen LogP contribution in [0.2, 0.25) is 0 Å². The second kappa shape index (κ2) is 7.75. The van der Waals surface area contributed by atoms with Gasteiger partial charge in [-0.25, -0.2) is 4.98 Å². The summed E-state index contributed by atoms with van der Waals surface area (Å²) in [5, 5.41) is 7.35. The third-order valence-corrected chi connectivity index (χ3v) is 4.63. The molecule has 1 aromatic carbocycles. The van der Waals surface area contributed by atoms with E-state index in [9.17, 15) is 4.79 Å². The second-order valence-electron chi connectivity index (χ2n) is 6.63. The molecule has 9 heteroatoms. The Hall–Kier alpha value is -3.30. The molecule has 6 N–H and O–H groups in total. The van der Waals surface area contributed by atoms with Crippen LogP contribution in [0.25, 0.3) is 10.9 Å². The monoisotopic (exact) mass is 379 g/mol. The molecule has 2 atom stereocenters. The maximum atomic E-state index is 11.8. The summed E-state index contributed by atoms with van der Waals surface area (Å²) >= 11 is 0. The number of pyridine rings is 1. The Labute approximate surface area is 161 Å². The zero-order chi connectivity index (χ0) is 19.5. The van der Waals surface area contributed by atoms with Crippen LogP contribution in [0, 0.1) is 0 Å². The molecule has 4 rings (SSSR count). The molecule has 2 aromatic heterocycles. The molecule has 0 radical (unpaired) electrons. The number of fused-ring (bicyclic) bond motifs is 1. The number of hydrogen-bond donors (Lipinski definition) is 4. The van der Waals surface area contributed by atoms with Gasteiger partial charge in [0.2, 0.25) is 5.95 Å². The van der Waals surface area contributed by atoms with Crippen molar-refractivity contribution in [1.29, 1.82) is 0 Å². The average Bonchev–Trinajstić information content (AvgIpc) is 2.70. The van der Waals surface area contributed by atoms with E-state index in [-0.39, 0.29) is 17.6 Å². The summed E-state index contributed by atoms with van der Waals surface area (Å²) in [5.41, 5.74) is 13.4. The minimum Gasteiger partial charge on any atom is -0.380 e. The van der Waals surface area contributed by atoms with Crippen LogP contribution < -0.4 is 22.1 Å². The van der Waals surface area contributed by atoms with Crippen LogP contribution in [0.15, 0.2) is 42.7 Å². The summed E-state index contributed by atoms with van der Waals surface area (Å²) in [7, 11) is 0. The largest absolute Gasteiger partial charge is 0.380 e. The number of amides is 1. The normalized spacial score (nSPS) is 19.3. The maximum Gasteiger partial charge on any atom is 0.254 e. The molecule has 3 heterocycles. The molecular formula is C19H21N7O2. The Kier molecular flexibility index (Phi) is 5.00. The maximum absolute atomic E-state index is 11.8. The molecule has 1 aliphatic heterocycles. The first-order valence-electron chi connectivity index (χ1n) is 8.98. The van der Waals surface area contributed by atoms with Gasteiger partial charge in [-0.15, -0.1) is 0 Å². The number of hydrogen-bond acceptors (Lipinski definition) is 8. The van der Waals surface area contributed by atoms with Crippen molar-refractivity contribution in [3.05, 3.63) is 48.3 Å². The number of anilines is 3. The first kappa shape index (κ1) is 18.1. The van der Waals surface area contributed by atoms with E-state index in [1.165, 1.54) is 6.20 Å². The summed E-state index contributed by atoms with van der Waals surface area (Å²) in [6.07, 6.45) is 3.90. The number of carbonyl (C=O) groups excluding carboxylic acids is 1. The van der Waals surface area contributed by atoms with Gasteiger partial charge in [-0.2, -0.15) is 4.98 Å². The van der Waals surface area contributed by atoms with Crippen LogP contribution in [0.4, 0.5) is 17.5 Å². The third kappa shape index (κ3) is 3.85. The Bertz CT molecular complexity index is 1010. The van der Waals surface area contributed by atoms with Crippen LogP contribution in [0.3, 0.4) is 0 Å². The molecule has 0 aliphatic carbocycles. The van der Waals surface area contributed by atoms with Crippen molar-refractivity contribution in [2.24, 2.45) is 11.5 Å². The summed E-state index contributed by atoms with van der Waals surface area (Å²) in [4.78, 5) is 24.8. The first-order valence-corrected chi connectivity index (χ1v) is 8.98. The van der Waals surface area contributed by atoms with Gasteiger partial charge in [0.1, 0.15) is 11.4 Å². The Morgan fingerprint density at radius 1 is 1.25 bits per heavy atom. The molecule has 0 saturated carbocycles. The van der Waals surface area contributed by atoms with E-state index in [4.69, 9.17) is 16.2 Å². The Morgan fingerprint density at radius 3 is 2.96 bits per heavy atom. The highest BCUT2D eigenvalue weighted by molar-refractivity contribution is 5.98. The van der Waals surface area contributed by atoms with Crippen molar-refractivity contribution in [3.8, 4) is 0 Å². The molecule has 0 unspecified atom stereocenters. The van der Waals surface area contributed by atoms with Gasteiger partial charge in [0.25, 0.3) is 5.91 Å². The lowest BCUT2D eigenvalue weighted by Crippen LogP contribution is -2.47. The molecule has 1 saturated heterocycles. The van der Waals surface area contributed by atoms with Crippen LogP contribution >= 0.6 is 0 Å². The lowest BCUT2D eigenvalue weighted by molar-refractivity contribution is 0.0751. The molecule has 144 valence electrons. The van der Waals surface area contributed by atoms with Gasteiger partial charge in [-0.1, -0.05) is 6.07 Å². The van der Waals surface area contributed by atoms with E-state index in [1.807, 2.05) is 30.3 Å². The molecule has 1 aliphatic rings. The molecule has 9 nitrogen and oxygen atoms in total. The van der Waals surface area contributed by atoms with Gasteiger partial charge < -0.3 is 26.8 Å². The smallest absolute Gasteiger partial charge is 0.254 e. The fourth-order valence-electron chi connectivity index (χ4n) is 3.12. The van der Waals surface area contributed by atoms with Crippen molar-refractivity contribution in [2.45, 2.75) is 18.5 Å². The zero-order valence-corrected chi connectivity index (χ0v) is 15.1.